The highest BCUT2D eigenvalue weighted by molar-refractivity contribution is 5.93. The molecule has 2 bridgehead atoms. The average Bonchev–Trinajstić information content (AvgIpc) is 3.38. The predicted molar refractivity (Wildman–Crippen MR) is 111 cm³/mol. The molecule has 3 atom stereocenters. The fourth-order valence-corrected chi connectivity index (χ4v) is 4.98. The molecule has 2 aliphatic carbocycles. The second-order valence-corrected chi connectivity index (χ2v) is 8.64. The third kappa shape index (κ3) is 4.21. The highest BCUT2D eigenvalue weighted by Crippen LogP contribution is 2.49. The van der Waals surface area contributed by atoms with Crippen molar-refractivity contribution in [2.75, 3.05) is 11.9 Å². The summed E-state index contributed by atoms with van der Waals surface area (Å²) < 4.78 is 7.06. The molecule has 0 saturated heterocycles. The van der Waals surface area contributed by atoms with Crippen LogP contribution in [0.15, 0.2) is 24.3 Å². The van der Waals surface area contributed by atoms with Crippen LogP contribution in [0.3, 0.4) is 0 Å². The number of rotatable bonds is 6. The molecule has 0 unspecified atom stereocenters. The van der Waals surface area contributed by atoms with E-state index in [0.717, 1.165) is 29.4 Å². The number of aryl methyl sites for hydroxylation is 2. The lowest BCUT2D eigenvalue weighted by molar-refractivity contribution is -0.148. The van der Waals surface area contributed by atoms with E-state index in [2.05, 4.69) is 10.4 Å². The maximum Gasteiger partial charge on any atom is 0.306 e. The molecule has 2 aliphatic rings. The molecule has 1 heterocycles. The van der Waals surface area contributed by atoms with Crippen molar-refractivity contribution in [3.8, 4) is 5.69 Å². The number of carbonyl (C=O) groups is 2. The summed E-state index contributed by atoms with van der Waals surface area (Å²) >= 11 is 0. The molecule has 154 valence electrons. The number of amides is 1. The highest BCUT2D eigenvalue weighted by atomic mass is 16.5. The van der Waals surface area contributed by atoms with Crippen LogP contribution < -0.4 is 5.32 Å². The van der Waals surface area contributed by atoms with Gasteiger partial charge in [-0.2, -0.15) is 5.10 Å². The molecule has 6 nitrogen and oxygen atoms in total. The van der Waals surface area contributed by atoms with Gasteiger partial charge >= 0.3 is 5.97 Å². The first-order valence-electron chi connectivity index (χ1n) is 10.5. The minimum atomic E-state index is -0.332. The van der Waals surface area contributed by atoms with E-state index in [0.29, 0.717) is 23.9 Å². The molecule has 0 aliphatic heterocycles. The molecule has 29 heavy (non-hydrogen) atoms. The third-order valence-corrected chi connectivity index (χ3v) is 6.51. The molecule has 1 N–H and O–H groups in total. The molecule has 6 heteroatoms. The van der Waals surface area contributed by atoms with Gasteiger partial charge in [0, 0.05) is 6.42 Å². The van der Waals surface area contributed by atoms with E-state index in [1.165, 1.54) is 24.8 Å². The largest absolute Gasteiger partial charge is 0.456 e. The zero-order valence-electron chi connectivity index (χ0n) is 17.4. The summed E-state index contributed by atoms with van der Waals surface area (Å²) in [5.41, 5.74) is 4.35. The molecule has 0 spiro atoms. The van der Waals surface area contributed by atoms with Gasteiger partial charge in [-0.1, -0.05) is 24.1 Å². The van der Waals surface area contributed by atoms with Crippen LogP contribution in [-0.2, 0) is 14.3 Å². The summed E-state index contributed by atoms with van der Waals surface area (Å²) in [5, 5.41) is 7.40. The fourth-order valence-electron chi connectivity index (χ4n) is 4.98. The van der Waals surface area contributed by atoms with Gasteiger partial charge in [-0.25, -0.2) is 4.68 Å². The molecule has 2 fully saturated rings. The van der Waals surface area contributed by atoms with Crippen LogP contribution >= 0.6 is 0 Å². The first-order chi connectivity index (χ1) is 13.9. The zero-order chi connectivity index (χ0) is 20.5. The zero-order valence-corrected chi connectivity index (χ0v) is 17.4. The van der Waals surface area contributed by atoms with Crippen LogP contribution in [0, 0.1) is 38.5 Å². The Hall–Kier alpha value is -2.63. The summed E-state index contributed by atoms with van der Waals surface area (Å²) in [5.74, 6) is 1.33. The summed E-state index contributed by atoms with van der Waals surface area (Å²) in [6.07, 6.45) is 5.41. The molecule has 2 aromatic rings. The van der Waals surface area contributed by atoms with Crippen LogP contribution in [0.2, 0.25) is 0 Å². The molecule has 4 rings (SSSR count). The van der Waals surface area contributed by atoms with E-state index in [1.54, 1.807) is 0 Å². The molecule has 1 aromatic heterocycles. The van der Waals surface area contributed by atoms with Gasteiger partial charge in [0.05, 0.1) is 22.8 Å². The maximum atomic E-state index is 12.4. The number of esters is 1. The van der Waals surface area contributed by atoms with E-state index < -0.39 is 0 Å². The van der Waals surface area contributed by atoms with Gasteiger partial charge in [-0.05, 0) is 69.9 Å². The number of nitrogens with one attached hydrogen (secondary N) is 1. The number of aromatic nitrogens is 2. The lowest BCUT2D eigenvalue weighted by Gasteiger charge is -2.20. The van der Waals surface area contributed by atoms with Gasteiger partial charge in [0.1, 0.15) is 0 Å². The van der Waals surface area contributed by atoms with Crippen LogP contribution in [0.4, 0.5) is 5.69 Å². The third-order valence-electron chi connectivity index (χ3n) is 6.51. The first-order valence-corrected chi connectivity index (χ1v) is 10.5. The average molecular weight is 396 g/mol. The SMILES string of the molecule is Cc1ccc(-n2nc(C)c(NC(=O)COC(=O)C[C@@H]3C[C@H]4CC[C@@H]3C4)c2C)cc1. The Balaban J connectivity index is 1.32. The van der Waals surface area contributed by atoms with Crippen LogP contribution in [-0.4, -0.2) is 28.3 Å². The molecule has 2 saturated carbocycles. The Bertz CT molecular complexity index is 916. The van der Waals surface area contributed by atoms with E-state index in [1.807, 2.05) is 49.7 Å². The van der Waals surface area contributed by atoms with Crippen molar-refractivity contribution >= 4 is 17.6 Å². The number of hydrogen-bond donors (Lipinski definition) is 1. The van der Waals surface area contributed by atoms with E-state index in [-0.39, 0.29) is 18.5 Å². The number of anilines is 1. The topological polar surface area (TPSA) is 73.2 Å². The van der Waals surface area contributed by atoms with E-state index in [4.69, 9.17) is 4.74 Å². The van der Waals surface area contributed by atoms with Gasteiger partial charge in [0.25, 0.3) is 5.91 Å². The number of hydrogen-bond acceptors (Lipinski definition) is 4. The minimum Gasteiger partial charge on any atom is -0.456 e. The van der Waals surface area contributed by atoms with Gasteiger partial charge in [-0.3, -0.25) is 9.59 Å². The number of carbonyl (C=O) groups excluding carboxylic acids is 2. The lowest BCUT2D eigenvalue weighted by atomic mass is 9.86. The minimum absolute atomic E-state index is 0.256. The second kappa shape index (κ2) is 8.01. The van der Waals surface area contributed by atoms with Crippen molar-refractivity contribution < 1.29 is 14.3 Å². The van der Waals surface area contributed by atoms with Crippen LogP contribution in [0.1, 0.15) is 49.1 Å². The Kier molecular flexibility index (Phi) is 5.43. The van der Waals surface area contributed by atoms with Crippen molar-refractivity contribution in [2.45, 2.75) is 52.9 Å². The highest BCUT2D eigenvalue weighted by Gasteiger charge is 2.40. The Morgan fingerprint density at radius 3 is 2.55 bits per heavy atom. The number of fused-ring (bicyclic) bond motifs is 2. The fraction of sp³-hybridized carbons (Fsp3) is 0.522. The van der Waals surface area contributed by atoms with Gasteiger partial charge in [0.2, 0.25) is 0 Å². The molecular weight excluding hydrogens is 366 g/mol. The Morgan fingerprint density at radius 2 is 1.90 bits per heavy atom. The molecule has 1 aromatic carbocycles. The molecular formula is C23H29N3O3. The maximum absolute atomic E-state index is 12.4. The van der Waals surface area contributed by atoms with Crippen molar-refractivity contribution in [3.05, 3.63) is 41.2 Å². The number of benzene rings is 1. The first kappa shape index (κ1) is 19.7. The lowest BCUT2D eigenvalue weighted by Crippen LogP contribution is -2.23. The number of ether oxygens (including phenoxy) is 1. The Morgan fingerprint density at radius 1 is 1.14 bits per heavy atom. The smallest absolute Gasteiger partial charge is 0.306 e. The van der Waals surface area contributed by atoms with E-state index in [9.17, 15) is 9.59 Å². The summed E-state index contributed by atoms with van der Waals surface area (Å²) in [4.78, 5) is 24.5. The monoisotopic (exact) mass is 395 g/mol. The molecule has 0 radical (unpaired) electrons. The second-order valence-electron chi connectivity index (χ2n) is 8.64. The standard InChI is InChI=1S/C23H29N3O3/c1-14-4-8-20(9-5-14)26-16(3)23(15(2)25-26)24-21(27)13-29-22(28)12-19-11-17-6-7-18(19)10-17/h4-5,8-9,17-19H,6-7,10-13H2,1-3H3,(H,24,27)/t17-,18+,19-/m0/s1. The molecule has 1 amide bonds. The van der Waals surface area contributed by atoms with Gasteiger partial charge in [-0.15, -0.1) is 0 Å². The van der Waals surface area contributed by atoms with Crippen molar-refractivity contribution in [3.63, 3.8) is 0 Å². The van der Waals surface area contributed by atoms with Crippen molar-refractivity contribution in [2.24, 2.45) is 17.8 Å². The van der Waals surface area contributed by atoms with Gasteiger partial charge < -0.3 is 10.1 Å². The van der Waals surface area contributed by atoms with Gasteiger partial charge in [0.15, 0.2) is 6.61 Å². The number of nitrogens with zero attached hydrogens (tertiary/aromatic N) is 2. The quantitative estimate of drug-likeness (QED) is 0.747. The summed E-state index contributed by atoms with van der Waals surface area (Å²) in [7, 11) is 0. The van der Waals surface area contributed by atoms with Crippen LogP contribution in [0.25, 0.3) is 5.69 Å². The summed E-state index contributed by atoms with van der Waals surface area (Å²) in [6, 6.07) is 8.05. The van der Waals surface area contributed by atoms with Crippen molar-refractivity contribution in [1.29, 1.82) is 0 Å². The normalized spacial score (nSPS) is 22.7. The predicted octanol–water partition coefficient (Wildman–Crippen LogP) is 4.11. The van der Waals surface area contributed by atoms with Crippen LogP contribution in [0.5, 0.6) is 0 Å². The van der Waals surface area contributed by atoms with Crippen molar-refractivity contribution in [1.82, 2.24) is 9.78 Å². The van der Waals surface area contributed by atoms with E-state index >= 15 is 0 Å². The summed E-state index contributed by atoms with van der Waals surface area (Å²) in [6.45, 7) is 5.55. The Labute approximate surface area is 171 Å².